The van der Waals surface area contributed by atoms with E-state index in [1.54, 1.807) is 0 Å². The quantitative estimate of drug-likeness (QED) is 0.824. The van der Waals surface area contributed by atoms with Crippen molar-refractivity contribution in [3.63, 3.8) is 0 Å². The smallest absolute Gasteiger partial charge is 0.339 e. The summed E-state index contributed by atoms with van der Waals surface area (Å²) in [6.45, 7) is 2.47. The highest BCUT2D eigenvalue weighted by atomic mass is 19.1. The van der Waals surface area contributed by atoms with E-state index in [0.717, 1.165) is 0 Å². The summed E-state index contributed by atoms with van der Waals surface area (Å²) in [6.07, 6.45) is 0. The van der Waals surface area contributed by atoms with Crippen LogP contribution in [0.25, 0.3) is 0 Å². The topological polar surface area (TPSA) is 46.5 Å². The number of halogens is 2. The molecule has 5 heteroatoms. The van der Waals surface area contributed by atoms with Crippen LogP contribution in [0.1, 0.15) is 21.5 Å². The normalized spacial score (nSPS) is 10.2. The van der Waals surface area contributed by atoms with E-state index in [1.165, 1.54) is 21.0 Å². The molecular formula is C10H10F2O3. The van der Waals surface area contributed by atoms with E-state index >= 15 is 0 Å². The van der Waals surface area contributed by atoms with Gasteiger partial charge in [-0.25, -0.2) is 13.6 Å². The van der Waals surface area contributed by atoms with Crippen LogP contribution in [0.3, 0.4) is 0 Å². The molecule has 0 spiro atoms. The van der Waals surface area contributed by atoms with Gasteiger partial charge in [0.1, 0.15) is 11.4 Å². The van der Waals surface area contributed by atoms with Crippen molar-refractivity contribution in [3.05, 3.63) is 28.3 Å². The third-order valence-electron chi connectivity index (χ3n) is 2.21. The average Bonchev–Trinajstić information content (AvgIpc) is 2.15. The van der Waals surface area contributed by atoms with E-state index < -0.39 is 23.2 Å². The van der Waals surface area contributed by atoms with Gasteiger partial charge >= 0.3 is 5.97 Å². The van der Waals surface area contributed by atoms with Gasteiger partial charge in [0.25, 0.3) is 0 Å². The van der Waals surface area contributed by atoms with Crippen molar-refractivity contribution in [2.24, 2.45) is 0 Å². The highest BCUT2D eigenvalue weighted by Gasteiger charge is 2.24. The second-order valence-corrected chi connectivity index (χ2v) is 3.09. The van der Waals surface area contributed by atoms with Crippen LogP contribution in [0, 0.1) is 25.5 Å². The molecule has 1 N–H and O–H groups in total. The largest absolute Gasteiger partial charge is 0.493 e. The molecule has 0 aliphatic rings. The highest BCUT2D eigenvalue weighted by Crippen LogP contribution is 2.30. The molecule has 0 heterocycles. The summed E-state index contributed by atoms with van der Waals surface area (Å²) in [6, 6.07) is 0. The molecular weight excluding hydrogens is 206 g/mol. The molecule has 0 amide bonds. The van der Waals surface area contributed by atoms with E-state index in [2.05, 4.69) is 0 Å². The van der Waals surface area contributed by atoms with Crippen LogP contribution in [-0.4, -0.2) is 18.2 Å². The molecule has 0 aromatic heterocycles. The predicted molar refractivity (Wildman–Crippen MR) is 49.3 cm³/mol. The Morgan fingerprint density at radius 1 is 1.20 bits per heavy atom. The van der Waals surface area contributed by atoms with Crippen molar-refractivity contribution in [2.45, 2.75) is 13.8 Å². The second kappa shape index (κ2) is 3.84. The maximum Gasteiger partial charge on any atom is 0.339 e. The molecule has 3 nitrogen and oxygen atoms in total. The van der Waals surface area contributed by atoms with Gasteiger partial charge in [-0.05, 0) is 13.8 Å². The number of hydrogen-bond donors (Lipinski definition) is 1. The molecule has 0 saturated heterocycles. The summed E-state index contributed by atoms with van der Waals surface area (Å²) in [4.78, 5) is 10.8. The molecule has 0 aliphatic heterocycles. The standard InChI is InChI=1S/C10H10F2O3/c1-4-6(10(13)14)7(11)5(2)8(12)9(4)15-3/h1-3H3,(H,13,14). The van der Waals surface area contributed by atoms with Crippen molar-refractivity contribution in [3.8, 4) is 5.75 Å². The van der Waals surface area contributed by atoms with E-state index in [9.17, 15) is 13.6 Å². The Kier molecular flexibility index (Phi) is 2.93. The van der Waals surface area contributed by atoms with E-state index in [-0.39, 0.29) is 16.9 Å². The summed E-state index contributed by atoms with van der Waals surface area (Å²) in [7, 11) is 1.20. The number of hydrogen-bond acceptors (Lipinski definition) is 2. The minimum Gasteiger partial charge on any atom is -0.493 e. The molecule has 15 heavy (non-hydrogen) atoms. The van der Waals surface area contributed by atoms with Crippen molar-refractivity contribution >= 4 is 5.97 Å². The first-order valence-corrected chi connectivity index (χ1v) is 4.17. The molecule has 1 rings (SSSR count). The van der Waals surface area contributed by atoms with Gasteiger partial charge in [0.15, 0.2) is 11.6 Å². The van der Waals surface area contributed by atoms with Gasteiger partial charge in [0.05, 0.1) is 7.11 Å². The summed E-state index contributed by atoms with van der Waals surface area (Å²) in [5, 5.41) is 8.76. The van der Waals surface area contributed by atoms with Crippen LogP contribution in [-0.2, 0) is 0 Å². The predicted octanol–water partition coefficient (Wildman–Crippen LogP) is 2.29. The number of carboxylic acids is 1. The lowest BCUT2D eigenvalue weighted by molar-refractivity contribution is 0.0690. The molecule has 0 atom stereocenters. The fraction of sp³-hybridized carbons (Fsp3) is 0.300. The van der Waals surface area contributed by atoms with Crippen LogP contribution < -0.4 is 4.74 Å². The zero-order valence-electron chi connectivity index (χ0n) is 8.52. The Labute approximate surface area is 85.3 Å². The fourth-order valence-electron chi connectivity index (χ4n) is 1.39. The molecule has 0 bridgehead atoms. The zero-order valence-corrected chi connectivity index (χ0v) is 8.52. The van der Waals surface area contributed by atoms with E-state index in [4.69, 9.17) is 9.84 Å². The van der Waals surface area contributed by atoms with Crippen LogP contribution >= 0.6 is 0 Å². The van der Waals surface area contributed by atoms with Gasteiger partial charge in [-0.1, -0.05) is 0 Å². The third kappa shape index (κ3) is 1.65. The van der Waals surface area contributed by atoms with E-state index in [0.29, 0.717) is 0 Å². The number of benzene rings is 1. The van der Waals surface area contributed by atoms with Crippen LogP contribution in [0.4, 0.5) is 8.78 Å². The number of ether oxygens (including phenoxy) is 1. The SMILES string of the molecule is COc1c(C)c(C(=O)O)c(F)c(C)c1F. The summed E-state index contributed by atoms with van der Waals surface area (Å²) in [5.41, 5.74) is -0.953. The molecule has 1 aromatic carbocycles. The average molecular weight is 216 g/mol. The minimum absolute atomic E-state index is 0.0504. The van der Waals surface area contributed by atoms with Gasteiger partial charge in [0.2, 0.25) is 0 Å². The van der Waals surface area contributed by atoms with Gasteiger partial charge in [0, 0.05) is 11.1 Å². The number of aromatic carboxylic acids is 1. The Morgan fingerprint density at radius 2 is 1.73 bits per heavy atom. The number of rotatable bonds is 2. The Hall–Kier alpha value is -1.65. The first-order chi connectivity index (χ1) is 6.91. The zero-order chi connectivity index (χ0) is 11.7. The summed E-state index contributed by atoms with van der Waals surface area (Å²) in [5.74, 6) is -3.59. The van der Waals surface area contributed by atoms with Crippen molar-refractivity contribution in [2.75, 3.05) is 7.11 Å². The van der Waals surface area contributed by atoms with Crippen molar-refractivity contribution in [1.29, 1.82) is 0 Å². The van der Waals surface area contributed by atoms with Gasteiger partial charge in [-0.2, -0.15) is 0 Å². The molecule has 82 valence electrons. The third-order valence-corrected chi connectivity index (χ3v) is 2.21. The molecule has 0 aliphatic carbocycles. The highest BCUT2D eigenvalue weighted by molar-refractivity contribution is 5.90. The van der Waals surface area contributed by atoms with Crippen LogP contribution in [0.2, 0.25) is 0 Å². The number of carboxylic acid groups (broad SMARTS) is 1. The van der Waals surface area contributed by atoms with Crippen molar-refractivity contribution in [1.82, 2.24) is 0 Å². The lowest BCUT2D eigenvalue weighted by Crippen LogP contribution is -2.09. The maximum absolute atomic E-state index is 13.4. The fourth-order valence-corrected chi connectivity index (χ4v) is 1.39. The minimum atomic E-state index is -1.44. The van der Waals surface area contributed by atoms with E-state index in [1.807, 2.05) is 0 Å². The second-order valence-electron chi connectivity index (χ2n) is 3.09. The summed E-state index contributed by atoms with van der Waals surface area (Å²) >= 11 is 0. The van der Waals surface area contributed by atoms with Crippen LogP contribution in [0.15, 0.2) is 0 Å². The Bertz CT molecular complexity index is 427. The van der Waals surface area contributed by atoms with Gasteiger partial charge in [-0.3, -0.25) is 0 Å². The number of methoxy groups -OCH3 is 1. The monoisotopic (exact) mass is 216 g/mol. The Balaban J connectivity index is 3.68. The first-order valence-electron chi connectivity index (χ1n) is 4.17. The maximum atomic E-state index is 13.4. The first kappa shape index (κ1) is 11.4. The number of carbonyl (C=O) groups is 1. The lowest BCUT2D eigenvalue weighted by Gasteiger charge is -2.12. The molecule has 0 fully saturated rings. The summed E-state index contributed by atoms with van der Waals surface area (Å²) < 4.78 is 31.5. The molecule has 0 unspecified atom stereocenters. The molecule has 0 saturated carbocycles. The molecule has 1 aromatic rings. The van der Waals surface area contributed by atoms with Gasteiger partial charge < -0.3 is 9.84 Å². The van der Waals surface area contributed by atoms with Crippen molar-refractivity contribution < 1.29 is 23.4 Å². The molecule has 0 radical (unpaired) electrons. The van der Waals surface area contributed by atoms with Gasteiger partial charge in [-0.15, -0.1) is 0 Å². The van der Waals surface area contributed by atoms with Crippen LogP contribution in [0.5, 0.6) is 5.75 Å². The Morgan fingerprint density at radius 3 is 2.13 bits per heavy atom. The lowest BCUT2D eigenvalue weighted by atomic mass is 10.0.